The number of ether oxygens (including phenoxy) is 4. The lowest BCUT2D eigenvalue weighted by Crippen LogP contribution is -2.58. The van der Waals surface area contributed by atoms with E-state index in [1.54, 1.807) is 51.3 Å². The number of hydrogen-bond acceptors (Lipinski definition) is 9. The molecule has 85 heavy (non-hydrogen) atoms. The third-order valence-electron chi connectivity index (χ3n) is 14.0. The van der Waals surface area contributed by atoms with Crippen molar-refractivity contribution in [1.82, 2.24) is 20.0 Å². The van der Waals surface area contributed by atoms with Crippen molar-refractivity contribution in [2.24, 2.45) is 11.8 Å². The number of nitrogens with one attached hydrogen (secondary N) is 1. The van der Waals surface area contributed by atoms with E-state index in [1.807, 2.05) is 74.5 Å². The number of carbonyl (C=O) groups excluding carboxylic acids is 4. The number of alkyl halides is 12. The number of hydrogen-bond donors (Lipinski definition) is 1. The minimum atomic E-state index is -5.03. The lowest BCUT2D eigenvalue weighted by atomic mass is 9.81. The first-order chi connectivity index (χ1) is 39.3. The Hall–Kier alpha value is -6.43. The van der Waals surface area contributed by atoms with Crippen LogP contribution in [-0.2, 0) is 69.6 Å². The second-order valence-electron chi connectivity index (χ2n) is 22.7. The van der Waals surface area contributed by atoms with Crippen molar-refractivity contribution >= 4 is 35.3 Å². The summed E-state index contributed by atoms with van der Waals surface area (Å²) < 4.78 is 181. The molecule has 2 aliphatic rings. The summed E-state index contributed by atoms with van der Waals surface area (Å²) >= 11 is 4.60. The number of rotatable bonds is 12. The van der Waals surface area contributed by atoms with E-state index in [0.29, 0.717) is 50.8 Å². The molecule has 6 rings (SSSR count). The monoisotopic (exact) mass is 1240 g/mol. The van der Waals surface area contributed by atoms with E-state index in [-0.39, 0.29) is 60.8 Å². The average Bonchev–Trinajstić information content (AvgIpc) is 2.62. The van der Waals surface area contributed by atoms with Gasteiger partial charge in [0.05, 0.1) is 36.5 Å². The van der Waals surface area contributed by atoms with Crippen molar-refractivity contribution in [3.63, 3.8) is 0 Å². The van der Waals surface area contributed by atoms with Crippen molar-refractivity contribution in [1.29, 1.82) is 0 Å². The number of methoxy groups -OCH3 is 2. The number of halogens is 13. The molecule has 0 spiro atoms. The fourth-order valence-corrected chi connectivity index (χ4v) is 10.1. The summed E-state index contributed by atoms with van der Waals surface area (Å²) in [4.78, 5) is 53.1. The zero-order chi connectivity index (χ0) is 64.0. The Labute approximate surface area is 492 Å². The summed E-state index contributed by atoms with van der Waals surface area (Å²) in [7, 11) is 2.32. The molecule has 472 valence electrons. The highest BCUT2D eigenvalue weighted by molar-refractivity contribution is 6.61. The Morgan fingerprint density at radius 3 is 1.26 bits per heavy atom. The normalized spacial score (nSPS) is 19.5. The Morgan fingerprint density at radius 2 is 0.906 bits per heavy atom. The second-order valence-corrected chi connectivity index (χ2v) is 23.0. The Kier molecular flexibility index (Phi) is 24.9. The summed E-state index contributed by atoms with van der Waals surface area (Å²) in [6.07, 6.45) is -19.0. The van der Waals surface area contributed by atoms with Crippen molar-refractivity contribution in [2.75, 3.05) is 27.3 Å². The van der Waals surface area contributed by atoms with Gasteiger partial charge in [-0.2, -0.15) is 52.7 Å². The van der Waals surface area contributed by atoms with E-state index >= 15 is 0 Å². The number of likely N-dealkylation sites (tertiary alicyclic amines) is 2. The van der Waals surface area contributed by atoms with Crippen LogP contribution < -0.4 is 5.32 Å². The first-order valence-electron chi connectivity index (χ1n) is 27.2. The average molecular weight is 1240 g/mol. The molecular formula is C60H73ClF12N4O8. The van der Waals surface area contributed by atoms with Gasteiger partial charge in [-0.25, -0.2) is 19.2 Å². The molecule has 2 fully saturated rings. The molecule has 0 aliphatic carbocycles. The second kappa shape index (κ2) is 29.8. The predicted octanol–water partition coefficient (Wildman–Crippen LogP) is 16.4. The Morgan fingerprint density at radius 1 is 0.541 bits per heavy atom. The molecule has 0 aromatic heterocycles. The van der Waals surface area contributed by atoms with Crippen LogP contribution in [0.25, 0.3) is 0 Å². The zero-order valence-electron chi connectivity index (χ0n) is 48.8. The molecule has 12 nitrogen and oxygen atoms in total. The maximum absolute atomic E-state index is 13.6. The highest BCUT2D eigenvalue weighted by Crippen LogP contribution is 2.40. The van der Waals surface area contributed by atoms with E-state index in [1.165, 1.54) is 12.0 Å². The molecule has 1 N–H and O–H groups in total. The number of nitrogens with zero attached hydrogens (tertiary/aromatic N) is 3. The lowest BCUT2D eigenvalue weighted by molar-refractivity contribution is -0.144. The van der Waals surface area contributed by atoms with Gasteiger partial charge in [-0.05, 0) is 145 Å². The van der Waals surface area contributed by atoms with Gasteiger partial charge >= 0.3 is 48.4 Å². The first-order valence-corrected chi connectivity index (χ1v) is 27.6. The molecule has 6 atom stereocenters. The number of piperidine rings is 2. The molecule has 0 radical (unpaired) electrons. The van der Waals surface area contributed by atoms with Crippen LogP contribution in [0.15, 0.2) is 97.1 Å². The summed E-state index contributed by atoms with van der Waals surface area (Å²) in [6, 6.07) is 20.2. The van der Waals surface area contributed by atoms with Crippen LogP contribution in [0.5, 0.6) is 0 Å². The van der Waals surface area contributed by atoms with Crippen LogP contribution in [0.4, 0.5) is 71.9 Å². The maximum Gasteiger partial charge on any atom is 0.416 e. The highest BCUT2D eigenvalue weighted by atomic mass is 35.5. The molecule has 2 aliphatic heterocycles. The van der Waals surface area contributed by atoms with E-state index in [2.05, 4.69) is 21.7 Å². The molecule has 2 saturated heterocycles. The van der Waals surface area contributed by atoms with Crippen molar-refractivity contribution in [2.45, 2.75) is 167 Å². The number of benzene rings is 4. The molecule has 0 bridgehead atoms. The molecule has 4 aromatic carbocycles. The molecule has 6 unspecified atom stereocenters. The van der Waals surface area contributed by atoms with Crippen LogP contribution in [0.1, 0.15) is 126 Å². The van der Waals surface area contributed by atoms with Crippen molar-refractivity contribution in [3.8, 4) is 0 Å². The molecule has 0 saturated carbocycles. The third kappa shape index (κ3) is 22.4. The standard InChI is InChI=1S/C30H36F6N2O4.C28H34F6N2O2.C2H3ClO2/c1-6-24-16-25(21(12-19-10-8-7-9-11-19)18-37(24)27(40)42-28(2,3)4)38(26(39)41-5)17-20-13-22(29(31,32)33)15-23(14-20)30(34,35)36;1-5-23-15-24(35-16-19-12-21(27(29,30)31)14-22(13-19)28(32,33)34)20(11-18-9-7-6-8-10-18)17-36(23)25(37)38-26(2,3)4;1-5-2(3)4/h7-11,13-15,21,24-25H,6,12,16-18H2,1-5H3;6-10,12-14,20,23-24,35H,5,11,15-17H2,1-4H3;1H3. The largest absolute Gasteiger partial charge is 0.457 e. The molecule has 4 aromatic rings. The third-order valence-corrected chi connectivity index (χ3v) is 14.1. The van der Waals surface area contributed by atoms with Crippen LogP contribution in [0.3, 0.4) is 0 Å². The van der Waals surface area contributed by atoms with Crippen LogP contribution in [0, 0.1) is 11.8 Å². The SMILES string of the molecule is CCC1CC(N(Cc2cc(C(F)(F)F)cc(C(F)(F)F)c2)C(=O)OC)C(Cc2ccccc2)CN1C(=O)OC(C)(C)C.CCC1CC(NCc2cc(C(F)(F)F)cc(C(F)(F)F)c2)C(Cc2ccccc2)CN1C(=O)OC(C)(C)C.COC(=O)Cl. The summed E-state index contributed by atoms with van der Waals surface area (Å²) in [5, 5.41) is 3.22. The Bertz CT molecular complexity index is 2740. The van der Waals surface area contributed by atoms with Gasteiger partial charge < -0.3 is 39.0 Å². The smallest absolute Gasteiger partial charge is 0.416 e. The van der Waals surface area contributed by atoms with Crippen LogP contribution in [0.2, 0.25) is 0 Å². The number of amides is 3. The van der Waals surface area contributed by atoms with Crippen molar-refractivity contribution < 1.29 is 90.8 Å². The van der Waals surface area contributed by atoms with E-state index in [4.69, 9.17) is 14.2 Å². The fourth-order valence-electron chi connectivity index (χ4n) is 10.1. The molecule has 2 heterocycles. The predicted molar refractivity (Wildman–Crippen MR) is 294 cm³/mol. The quantitative estimate of drug-likeness (QED) is 0.0838. The van der Waals surface area contributed by atoms with Crippen molar-refractivity contribution in [3.05, 3.63) is 142 Å². The minimum Gasteiger partial charge on any atom is -0.457 e. The van der Waals surface area contributed by atoms with Gasteiger partial charge in [0.1, 0.15) is 11.2 Å². The molecular weight excluding hydrogens is 1170 g/mol. The van der Waals surface area contributed by atoms with E-state index < -0.39 is 106 Å². The van der Waals surface area contributed by atoms with Gasteiger partial charge in [0.25, 0.3) is 0 Å². The molecule has 25 heteroatoms. The van der Waals surface area contributed by atoms with E-state index in [9.17, 15) is 71.9 Å². The minimum absolute atomic E-state index is 0.0522. The van der Waals surface area contributed by atoms with Gasteiger partial charge in [0.15, 0.2) is 0 Å². The topological polar surface area (TPSA) is 127 Å². The Balaban J connectivity index is 0.000000339. The number of carbonyl (C=O) groups is 4. The summed E-state index contributed by atoms with van der Waals surface area (Å²) in [6.45, 7) is 14.1. The van der Waals surface area contributed by atoms with Gasteiger partial charge in [-0.3, -0.25) is 0 Å². The van der Waals surface area contributed by atoms with Crippen LogP contribution >= 0.6 is 11.6 Å². The summed E-state index contributed by atoms with van der Waals surface area (Å²) in [5.41, 5.74) is -6.38. The van der Waals surface area contributed by atoms with Gasteiger partial charge in [-0.15, -0.1) is 0 Å². The fraction of sp³-hybridized carbons (Fsp3) is 0.533. The zero-order valence-corrected chi connectivity index (χ0v) is 49.5. The van der Waals surface area contributed by atoms with Gasteiger partial charge in [0, 0.05) is 67.9 Å². The first kappa shape index (κ1) is 71.1. The highest BCUT2D eigenvalue weighted by Gasteiger charge is 2.45. The lowest BCUT2D eigenvalue weighted by Gasteiger charge is -2.47. The molecule has 3 amide bonds. The maximum atomic E-state index is 13.6. The summed E-state index contributed by atoms with van der Waals surface area (Å²) in [5.74, 6) is -0.574. The van der Waals surface area contributed by atoms with Crippen LogP contribution in [-0.4, -0.2) is 101 Å². The van der Waals surface area contributed by atoms with Gasteiger partial charge in [0.2, 0.25) is 0 Å². The van der Waals surface area contributed by atoms with Gasteiger partial charge in [-0.1, -0.05) is 74.5 Å². The van der Waals surface area contributed by atoms with E-state index in [0.717, 1.165) is 30.4 Å².